The van der Waals surface area contributed by atoms with Crippen molar-refractivity contribution in [1.82, 2.24) is 10.2 Å². The van der Waals surface area contributed by atoms with Crippen molar-refractivity contribution in [2.45, 2.75) is 64.2 Å². The highest BCUT2D eigenvalue weighted by atomic mass is 32.2. The van der Waals surface area contributed by atoms with E-state index in [0.717, 1.165) is 32.5 Å². The SMILES string of the molecule is C[C@@H]1C[C@@H](C)CN(C[C@H](C)NC(=O)CS(=O)(=O)C2CCCC2)C1. The zero-order valence-corrected chi connectivity index (χ0v) is 15.6. The van der Waals surface area contributed by atoms with Gasteiger partial charge in [-0.15, -0.1) is 0 Å². The summed E-state index contributed by atoms with van der Waals surface area (Å²) in [6, 6.07) is -0.0150. The minimum absolute atomic E-state index is 0.0150. The van der Waals surface area contributed by atoms with Crippen LogP contribution in [0.2, 0.25) is 0 Å². The average Bonchev–Trinajstić information content (AvgIpc) is 2.90. The van der Waals surface area contributed by atoms with Crippen LogP contribution >= 0.6 is 0 Å². The zero-order chi connectivity index (χ0) is 17.0. The molecule has 23 heavy (non-hydrogen) atoms. The van der Waals surface area contributed by atoms with Crippen molar-refractivity contribution in [2.24, 2.45) is 11.8 Å². The van der Waals surface area contributed by atoms with Crippen molar-refractivity contribution in [3.8, 4) is 0 Å². The smallest absolute Gasteiger partial charge is 0.235 e. The first kappa shape index (κ1) is 18.7. The minimum atomic E-state index is -3.28. The van der Waals surface area contributed by atoms with E-state index in [9.17, 15) is 13.2 Å². The maximum absolute atomic E-state index is 12.2. The van der Waals surface area contributed by atoms with E-state index in [-0.39, 0.29) is 23.0 Å². The Kier molecular flexibility index (Phi) is 6.48. The summed E-state index contributed by atoms with van der Waals surface area (Å²) >= 11 is 0. The van der Waals surface area contributed by atoms with Crippen LogP contribution in [0.25, 0.3) is 0 Å². The first-order chi connectivity index (χ1) is 10.8. The van der Waals surface area contributed by atoms with Crippen LogP contribution in [0, 0.1) is 11.8 Å². The molecule has 3 atom stereocenters. The van der Waals surface area contributed by atoms with E-state index < -0.39 is 9.84 Å². The molecule has 0 aromatic carbocycles. The van der Waals surface area contributed by atoms with Gasteiger partial charge in [0, 0.05) is 25.7 Å². The molecular weight excluding hydrogens is 312 g/mol. The summed E-state index contributed by atoms with van der Waals surface area (Å²) in [4.78, 5) is 14.5. The Labute approximate surface area is 141 Å². The maximum atomic E-state index is 12.2. The normalized spacial score (nSPS) is 28.7. The molecule has 0 radical (unpaired) electrons. The second-order valence-electron chi connectivity index (χ2n) is 7.85. The number of carbonyl (C=O) groups is 1. The monoisotopic (exact) mass is 344 g/mol. The predicted molar refractivity (Wildman–Crippen MR) is 93.0 cm³/mol. The molecule has 0 aromatic rings. The molecular formula is C17H32N2O3S. The molecule has 0 bridgehead atoms. The number of nitrogens with zero attached hydrogens (tertiary/aromatic N) is 1. The number of sulfone groups is 1. The first-order valence-corrected chi connectivity index (χ1v) is 10.7. The average molecular weight is 345 g/mol. The number of piperidine rings is 1. The third kappa shape index (κ3) is 5.75. The van der Waals surface area contributed by atoms with Crippen LogP contribution in [-0.2, 0) is 14.6 Å². The van der Waals surface area contributed by atoms with Crippen LogP contribution in [0.15, 0.2) is 0 Å². The second-order valence-corrected chi connectivity index (χ2v) is 10.1. The fourth-order valence-electron chi connectivity index (χ4n) is 4.24. The Morgan fingerprint density at radius 3 is 2.30 bits per heavy atom. The van der Waals surface area contributed by atoms with Crippen LogP contribution < -0.4 is 5.32 Å². The van der Waals surface area contributed by atoms with Gasteiger partial charge in [0.25, 0.3) is 0 Å². The molecule has 2 fully saturated rings. The van der Waals surface area contributed by atoms with E-state index in [1.54, 1.807) is 0 Å². The lowest BCUT2D eigenvalue weighted by Gasteiger charge is -2.36. The van der Waals surface area contributed by atoms with Gasteiger partial charge in [-0.2, -0.15) is 0 Å². The Balaban J connectivity index is 1.78. The van der Waals surface area contributed by atoms with Crippen molar-refractivity contribution >= 4 is 15.7 Å². The molecule has 1 saturated carbocycles. The lowest BCUT2D eigenvalue weighted by atomic mass is 9.92. The number of nitrogens with one attached hydrogen (secondary N) is 1. The number of rotatable bonds is 6. The van der Waals surface area contributed by atoms with Gasteiger partial charge in [0.1, 0.15) is 5.75 Å². The summed E-state index contributed by atoms with van der Waals surface area (Å²) in [6.45, 7) is 9.41. The highest BCUT2D eigenvalue weighted by molar-refractivity contribution is 7.92. The van der Waals surface area contributed by atoms with Gasteiger partial charge in [-0.3, -0.25) is 4.79 Å². The van der Waals surface area contributed by atoms with Crippen molar-refractivity contribution in [1.29, 1.82) is 0 Å². The van der Waals surface area contributed by atoms with E-state index in [1.165, 1.54) is 6.42 Å². The molecule has 134 valence electrons. The Morgan fingerprint density at radius 1 is 1.17 bits per heavy atom. The van der Waals surface area contributed by atoms with E-state index >= 15 is 0 Å². The predicted octanol–water partition coefficient (Wildman–Crippen LogP) is 1.83. The van der Waals surface area contributed by atoms with Gasteiger partial charge < -0.3 is 10.2 Å². The van der Waals surface area contributed by atoms with Crippen LogP contribution in [0.5, 0.6) is 0 Å². The van der Waals surface area contributed by atoms with E-state index in [2.05, 4.69) is 24.1 Å². The van der Waals surface area contributed by atoms with E-state index in [4.69, 9.17) is 0 Å². The van der Waals surface area contributed by atoms with Gasteiger partial charge in [-0.05, 0) is 38.0 Å². The van der Waals surface area contributed by atoms with Gasteiger partial charge in [0.05, 0.1) is 5.25 Å². The Hall–Kier alpha value is -0.620. The number of hydrogen-bond acceptors (Lipinski definition) is 4. The fourth-order valence-corrected chi connectivity index (χ4v) is 5.97. The summed E-state index contributed by atoms with van der Waals surface area (Å²) in [6.07, 6.45) is 4.63. The van der Waals surface area contributed by atoms with Crippen molar-refractivity contribution in [2.75, 3.05) is 25.4 Å². The standard InChI is InChI=1S/C17H32N2O3S/c1-13-8-14(2)10-19(9-13)11-15(3)18-17(20)12-23(21,22)16-6-4-5-7-16/h13-16H,4-12H2,1-3H3,(H,18,20)/t13-,14-,15+/m1/s1. The third-order valence-corrected chi connectivity index (χ3v) is 7.18. The maximum Gasteiger partial charge on any atom is 0.235 e. The third-order valence-electron chi connectivity index (χ3n) is 5.03. The van der Waals surface area contributed by atoms with Crippen LogP contribution in [-0.4, -0.2) is 55.9 Å². The summed E-state index contributed by atoms with van der Waals surface area (Å²) in [7, 11) is -3.28. The van der Waals surface area contributed by atoms with E-state index in [0.29, 0.717) is 24.7 Å². The Morgan fingerprint density at radius 2 is 1.74 bits per heavy atom. The molecule has 1 saturated heterocycles. The van der Waals surface area contributed by atoms with Crippen molar-refractivity contribution in [3.63, 3.8) is 0 Å². The molecule has 2 rings (SSSR count). The summed E-state index contributed by atoms with van der Waals surface area (Å²) in [5.41, 5.74) is 0. The largest absolute Gasteiger partial charge is 0.351 e. The highest BCUT2D eigenvalue weighted by Gasteiger charge is 2.31. The molecule has 1 heterocycles. The summed E-state index contributed by atoms with van der Waals surface area (Å²) < 4.78 is 24.5. The molecule has 0 unspecified atom stereocenters. The summed E-state index contributed by atoms with van der Waals surface area (Å²) in [5.74, 6) is 0.672. The van der Waals surface area contributed by atoms with Crippen molar-refractivity contribution < 1.29 is 13.2 Å². The zero-order valence-electron chi connectivity index (χ0n) is 14.8. The molecule has 6 heteroatoms. The Bertz CT molecular complexity index is 490. The molecule has 2 aliphatic rings. The molecule has 1 amide bonds. The number of likely N-dealkylation sites (tertiary alicyclic amines) is 1. The minimum Gasteiger partial charge on any atom is -0.351 e. The molecule has 0 spiro atoms. The van der Waals surface area contributed by atoms with Crippen molar-refractivity contribution in [3.05, 3.63) is 0 Å². The van der Waals surface area contributed by atoms with Gasteiger partial charge in [-0.25, -0.2) is 8.42 Å². The van der Waals surface area contributed by atoms with Crippen LogP contribution in [0.3, 0.4) is 0 Å². The topological polar surface area (TPSA) is 66.5 Å². The molecule has 1 N–H and O–H groups in total. The first-order valence-electron chi connectivity index (χ1n) is 8.99. The van der Waals surface area contributed by atoms with Gasteiger partial charge in [0.2, 0.25) is 5.91 Å². The highest BCUT2D eigenvalue weighted by Crippen LogP contribution is 2.25. The van der Waals surface area contributed by atoms with Gasteiger partial charge in [-0.1, -0.05) is 26.7 Å². The molecule has 1 aliphatic carbocycles. The molecule has 5 nitrogen and oxygen atoms in total. The van der Waals surface area contributed by atoms with Crippen LogP contribution in [0.4, 0.5) is 0 Å². The quantitative estimate of drug-likeness (QED) is 0.798. The van der Waals surface area contributed by atoms with Gasteiger partial charge in [0.15, 0.2) is 9.84 Å². The second kappa shape index (κ2) is 7.97. The fraction of sp³-hybridized carbons (Fsp3) is 0.941. The lowest BCUT2D eigenvalue weighted by Crippen LogP contribution is -2.48. The summed E-state index contributed by atoms with van der Waals surface area (Å²) in [5, 5.41) is 2.58. The van der Waals surface area contributed by atoms with Gasteiger partial charge >= 0.3 is 0 Å². The van der Waals surface area contributed by atoms with E-state index in [1.807, 2.05) is 6.92 Å². The lowest BCUT2D eigenvalue weighted by molar-refractivity contribution is -0.119. The molecule has 0 aromatic heterocycles. The molecule has 1 aliphatic heterocycles. The number of hydrogen-bond donors (Lipinski definition) is 1. The number of carbonyl (C=O) groups excluding carboxylic acids is 1. The number of amides is 1. The van der Waals surface area contributed by atoms with Crippen LogP contribution in [0.1, 0.15) is 52.9 Å².